The number of aliphatic imine (C=N–C) groups is 2. The number of hydrogen-bond acceptors (Lipinski definition) is 5. The summed E-state index contributed by atoms with van der Waals surface area (Å²) in [4.78, 5) is 9.84. The molecule has 5 heteroatoms. The Kier molecular flexibility index (Phi) is 5.07. The van der Waals surface area contributed by atoms with Gasteiger partial charge in [-0.3, -0.25) is 0 Å². The van der Waals surface area contributed by atoms with Gasteiger partial charge in [-0.2, -0.15) is 0 Å². The van der Waals surface area contributed by atoms with E-state index in [4.69, 9.17) is 14.7 Å². The standard InChI is InChI=1S/C29H24N4O/c1-19-12-17-25-24(18-19)30-29(34-25)23-15-13-22(14-16-23)28-32-26(20-8-4-2-5-9-20)31-27(33-28)21-10-6-3-7-11-21/h2-18,26,29-30H,1H3,(H,31,32,33). The lowest BCUT2D eigenvalue weighted by atomic mass is 10.1. The maximum absolute atomic E-state index is 6.11. The molecule has 166 valence electrons. The number of aryl methyl sites for hydroxylation is 1. The van der Waals surface area contributed by atoms with Gasteiger partial charge in [-0.1, -0.05) is 91.0 Å². The van der Waals surface area contributed by atoms with Gasteiger partial charge in [0.15, 0.2) is 12.4 Å². The zero-order valence-electron chi connectivity index (χ0n) is 18.8. The Bertz CT molecular complexity index is 1380. The van der Waals surface area contributed by atoms with E-state index < -0.39 is 0 Å². The molecule has 2 aliphatic heterocycles. The molecule has 0 amide bonds. The highest BCUT2D eigenvalue weighted by molar-refractivity contribution is 6.15. The van der Waals surface area contributed by atoms with E-state index in [1.54, 1.807) is 0 Å². The van der Waals surface area contributed by atoms with Crippen LogP contribution in [0, 0.1) is 6.92 Å². The first-order chi connectivity index (χ1) is 16.7. The molecule has 2 unspecified atom stereocenters. The predicted octanol–water partition coefficient (Wildman–Crippen LogP) is 5.99. The summed E-state index contributed by atoms with van der Waals surface area (Å²) in [6.07, 6.45) is -0.504. The first kappa shape index (κ1) is 20.2. The average molecular weight is 445 g/mol. The second-order valence-corrected chi connectivity index (χ2v) is 8.49. The Balaban J connectivity index is 1.29. The van der Waals surface area contributed by atoms with Crippen LogP contribution in [-0.2, 0) is 0 Å². The number of nitrogens with zero attached hydrogens (tertiary/aromatic N) is 2. The smallest absolute Gasteiger partial charge is 0.196 e. The van der Waals surface area contributed by atoms with E-state index >= 15 is 0 Å². The Morgan fingerprint density at radius 3 is 2.03 bits per heavy atom. The molecule has 0 spiro atoms. The first-order valence-electron chi connectivity index (χ1n) is 11.4. The second kappa shape index (κ2) is 8.52. The van der Waals surface area contributed by atoms with E-state index in [-0.39, 0.29) is 12.4 Å². The minimum absolute atomic E-state index is 0.203. The van der Waals surface area contributed by atoms with Crippen LogP contribution in [0.5, 0.6) is 5.75 Å². The summed E-state index contributed by atoms with van der Waals surface area (Å²) < 4.78 is 6.11. The SMILES string of the molecule is Cc1ccc2c(c1)NC(c1ccc(C3=NC(c4ccccc4)N=C(c4ccccc4)N3)cc1)O2. The molecule has 0 aliphatic carbocycles. The molecule has 2 N–H and O–H groups in total. The minimum Gasteiger partial charge on any atom is -0.464 e. The highest BCUT2D eigenvalue weighted by Gasteiger charge is 2.24. The molecule has 34 heavy (non-hydrogen) atoms. The molecule has 2 atom stereocenters. The third kappa shape index (κ3) is 3.92. The fraction of sp³-hybridized carbons (Fsp3) is 0.103. The van der Waals surface area contributed by atoms with Crippen molar-refractivity contribution in [2.75, 3.05) is 5.32 Å². The van der Waals surface area contributed by atoms with Gasteiger partial charge in [0.05, 0.1) is 5.69 Å². The topological polar surface area (TPSA) is 58.0 Å². The van der Waals surface area contributed by atoms with Crippen LogP contribution in [0.4, 0.5) is 5.69 Å². The average Bonchev–Trinajstić information content (AvgIpc) is 3.33. The number of nitrogens with one attached hydrogen (secondary N) is 2. The van der Waals surface area contributed by atoms with Crippen molar-refractivity contribution in [1.82, 2.24) is 5.32 Å². The third-order valence-electron chi connectivity index (χ3n) is 6.04. The van der Waals surface area contributed by atoms with Crippen molar-refractivity contribution in [3.63, 3.8) is 0 Å². The van der Waals surface area contributed by atoms with Gasteiger partial charge in [-0.15, -0.1) is 0 Å². The number of anilines is 1. The molecule has 2 aliphatic rings. The summed E-state index contributed by atoms with van der Waals surface area (Å²) in [6.45, 7) is 2.08. The van der Waals surface area contributed by atoms with Gasteiger partial charge >= 0.3 is 0 Å². The van der Waals surface area contributed by atoms with E-state index in [1.165, 1.54) is 5.56 Å². The van der Waals surface area contributed by atoms with Crippen molar-refractivity contribution in [1.29, 1.82) is 0 Å². The van der Waals surface area contributed by atoms with Crippen LogP contribution in [0.15, 0.2) is 113 Å². The summed E-state index contributed by atoms with van der Waals surface area (Å²) in [5, 5.41) is 6.91. The maximum Gasteiger partial charge on any atom is 0.196 e. The number of hydrogen-bond donors (Lipinski definition) is 2. The molecular formula is C29H24N4O. The lowest BCUT2D eigenvalue weighted by molar-refractivity contribution is 0.260. The molecule has 0 radical (unpaired) electrons. The second-order valence-electron chi connectivity index (χ2n) is 8.49. The molecule has 6 rings (SSSR count). The van der Waals surface area contributed by atoms with Crippen LogP contribution in [0.2, 0.25) is 0 Å². The Morgan fingerprint density at radius 1 is 0.676 bits per heavy atom. The largest absolute Gasteiger partial charge is 0.464 e. The fourth-order valence-corrected chi connectivity index (χ4v) is 4.24. The van der Waals surface area contributed by atoms with E-state index in [9.17, 15) is 0 Å². The molecule has 0 fully saturated rings. The lowest BCUT2D eigenvalue weighted by Gasteiger charge is -2.22. The summed E-state index contributed by atoms with van der Waals surface area (Å²) in [7, 11) is 0. The van der Waals surface area contributed by atoms with Gasteiger partial charge in [0.1, 0.15) is 17.4 Å². The van der Waals surface area contributed by atoms with Crippen LogP contribution >= 0.6 is 0 Å². The number of ether oxygens (including phenoxy) is 1. The zero-order valence-corrected chi connectivity index (χ0v) is 18.8. The van der Waals surface area contributed by atoms with Crippen molar-refractivity contribution in [2.24, 2.45) is 9.98 Å². The van der Waals surface area contributed by atoms with Crippen molar-refractivity contribution in [3.8, 4) is 5.75 Å². The van der Waals surface area contributed by atoms with E-state index in [0.717, 1.165) is 45.4 Å². The van der Waals surface area contributed by atoms with Crippen molar-refractivity contribution < 1.29 is 4.74 Å². The number of fused-ring (bicyclic) bond motifs is 1. The van der Waals surface area contributed by atoms with E-state index in [1.807, 2.05) is 42.5 Å². The van der Waals surface area contributed by atoms with Crippen LogP contribution in [0.1, 0.15) is 40.2 Å². The number of benzene rings is 4. The molecule has 2 heterocycles. The number of rotatable bonds is 4. The van der Waals surface area contributed by atoms with Gasteiger partial charge in [0.2, 0.25) is 0 Å². The van der Waals surface area contributed by atoms with Gasteiger partial charge in [0.25, 0.3) is 0 Å². The highest BCUT2D eigenvalue weighted by atomic mass is 16.5. The Labute approximate surface area is 198 Å². The van der Waals surface area contributed by atoms with Crippen LogP contribution in [0.25, 0.3) is 0 Å². The highest BCUT2D eigenvalue weighted by Crippen LogP contribution is 2.38. The minimum atomic E-state index is -0.301. The summed E-state index contributed by atoms with van der Waals surface area (Å²) in [5.74, 6) is 2.50. The Hall–Kier alpha value is -4.38. The molecule has 5 nitrogen and oxygen atoms in total. The lowest BCUT2D eigenvalue weighted by Crippen LogP contribution is -2.36. The van der Waals surface area contributed by atoms with Gasteiger partial charge < -0.3 is 15.4 Å². The van der Waals surface area contributed by atoms with Crippen molar-refractivity contribution in [2.45, 2.75) is 19.3 Å². The third-order valence-corrected chi connectivity index (χ3v) is 6.04. The molecule has 0 aromatic heterocycles. The summed E-state index contributed by atoms with van der Waals surface area (Å²) in [5.41, 5.74) is 6.38. The molecule has 0 saturated carbocycles. The van der Waals surface area contributed by atoms with Gasteiger partial charge in [-0.25, -0.2) is 9.98 Å². The molecule has 0 bridgehead atoms. The van der Waals surface area contributed by atoms with Crippen LogP contribution in [-0.4, -0.2) is 11.7 Å². The van der Waals surface area contributed by atoms with Crippen LogP contribution < -0.4 is 15.4 Å². The van der Waals surface area contributed by atoms with E-state index in [0.29, 0.717) is 0 Å². The summed E-state index contributed by atoms with van der Waals surface area (Å²) in [6, 6.07) is 34.9. The van der Waals surface area contributed by atoms with Crippen molar-refractivity contribution >= 4 is 17.4 Å². The monoisotopic (exact) mass is 444 g/mol. The molecule has 4 aromatic carbocycles. The predicted molar refractivity (Wildman–Crippen MR) is 136 cm³/mol. The van der Waals surface area contributed by atoms with Gasteiger partial charge in [-0.05, 0) is 30.2 Å². The zero-order chi connectivity index (χ0) is 22.9. The summed E-state index contributed by atoms with van der Waals surface area (Å²) >= 11 is 0. The molecule has 4 aromatic rings. The molecular weight excluding hydrogens is 420 g/mol. The van der Waals surface area contributed by atoms with Crippen LogP contribution in [0.3, 0.4) is 0 Å². The Morgan fingerprint density at radius 2 is 1.32 bits per heavy atom. The fourth-order valence-electron chi connectivity index (χ4n) is 4.24. The normalized spacial score (nSPS) is 18.6. The van der Waals surface area contributed by atoms with Gasteiger partial charge in [0, 0.05) is 16.7 Å². The molecule has 0 saturated heterocycles. The maximum atomic E-state index is 6.11. The van der Waals surface area contributed by atoms with E-state index in [2.05, 4.69) is 78.2 Å². The first-order valence-corrected chi connectivity index (χ1v) is 11.4. The quantitative estimate of drug-likeness (QED) is 0.406. The number of amidine groups is 2. The van der Waals surface area contributed by atoms with Crippen molar-refractivity contribution in [3.05, 3.63) is 131 Å².